The zero-order valence-electron chi connectivity index (χ0n) is 13.8. The molecular formula is C17H19N3O6. The van der Waals surface area contributed by atoms with E-state index in [2.05, 4.69) is 5.32 Å². The second-order valence-electron chi connectivity index (χ2n) is 5.46. The van der Waals surface area contributed by atoms with E-state index in [1.165, 1.54) is 42.5 Å². The summed E-state index contributed by atoms with van der Waals surface area (Å²) in [6, 6.07) is 9.87. The number of nitrogens with zero attached hydrogens (tertiary/aromatic N) is 1. The number of hydrogen-bond acceptors (Lipinski definition) is 7. The monoisotopic (exact) mass is 361 g/mol. The lowest BCUT2D eigenvalue weighted by Crippen LogP contribution is -2.26. The number of aromatic hydroxyl groups is 1. The quantitative estimate of drug-likeness (QED) is 0.297. The zero-order chi connectivity index (χ0) is 19.1. The fourth-order valence-electron chi connectivity index (χ4n) is 2.23. The van der Waals surface area contributed by atoms with Gasteiger partial charge < -0.3 is 26.0 Å². The number of nitro benzene ring substituents is 1. The number of carbonyl (C=O) groups is 1. The number of phenols is 1. The Morgan fingerprint density at radius 1 is 1.27 bits per heavy atom. The van der Waals surface area contributed by atoms with Gasteiger partial charge in [-0.3, -0.25) is 14.9 Å². The van der Waals surface area contributed by atoms with Gasteiger partial charge in [0.2, 0.25) is 0 Å². The average molecular weight is 361 g/mol. The van der Waals surface area contributed by atoms with Crippen LogP contribution in [0.25, 0.3) is 0 Å². The van der Waals surface area contributed by atoms with E-state index in [-0.39, 0.29) is 30.2 Å². The SMILES string of the molecule is NC(=O)c1ccc(OCCNCC(O)c2ccc([N+](=O)[O-])cc2)cc1O. The van der Waals surface area contributed by atoms with Gasteiger partial charge in [0.05, 0.1) is 16.6 Å². The number of non-ortho nitro benzene ring substituents is 1. The fraction of sp³-hybridized carbons (Fsp3) is 0.235. The van der Waals surface area contributed by atoms with Crippen molar-refractivity contribution in [2.24, 2.45) is 5.73 Å². The predicted octanol–water partition coefficient (Wildman–Crippen LogP) is 1.10. The highest BCUT2D eigenvalue weighted by atomic mass is 16.6. The third-order valence-corrected chi connectivity index (χ3v) is 3.61. The summed E-state index contributed by atoms with van der Waals surface area (Å²) in [5.41, 5.74) is 5.64. The molecule has 0 saturated heterocycles. The van der Waals surface area contributed by atoms with Crippen LogP contribution in [0.5, 0.6) is 11.5 Å². The standard InChI is InChI=1S/C17H19N3O6/c18-17(23)14-6-5-13(9-15(14)21)26-8-7-19-10-16(22)11-1-3-12(4-2-11)20(24)25/h1-6,9,16,19,21-22H,7-8,10H2,(H2,18,23). The molecular weight excluding hydrogens is 342 g/mol. The molecule has 0 aliphatic rings. The molecule has 0 fully saturated rings. The van der Waals surface area contributed by atoms with Crippen molar-refractivity contribution >= 4 is 11.6 Å². The molecule has 9 heteroatoms. The van der Waals surface area contributed by atoms with E-state index in [1.54, 1.807) is 0 Å². The van der Waals surface area contributed by atoms with Crippen molar-refractivity contribution in [3.8, 4) is 11.5 Å². The highest BCUT2D eigenvalue weighted by Crippen LogP contribution is 2.23. The summed E-state index contributed by atoms with van der Waals surface area (Å²) in [7, 11) is 0. The van der Waals surface area contributed by atoms with Crippen molar-refractivity contribution in [1.29, 1.82) is 0 Å². The van der Waals surface area contributed by atoms with E-state index >= 15 is 0 Å². The van der Waals surface area contributed by atoms with Crippen molar-refractivity contribution in [2.45, 2.75) is 6.10 Å². The van der Waals surface area contributed by atoms with Crippen LogP contribution in [0, 0.1) is 10.1 Å². The lowest BCUT2D eigenvalue weighted by Gasteiger charge is -2.13. The van der Waals surface area contributed by atoms with Crippen LogP contribution in [-0.4, -0.2) is 40.7 Å². The van der Waals surface area contributed by atoms with Crippen LogP contribution in [0.4, 0.5) is 5.69 Å². The van der Waals surface area contributed by atoms with Crippen molar-refractivity contribution in [2.75, 3.05) is 19.7 Å². The first kappa shape index (κ1) is 19.2. The number of carbonyl (C=O) groups excluding carboxylic acids is 1. The maximum absolute atomic E-state index is 11.0. The Bertz CT molecular complexity index is 779. The number of nitrogens with two attached hydrogens (primary N) is 1. The summed E-state index contributed by atoms with van der Waals surface area (Å²) in [6.45, 7) is 0.928. The smallest absolute Gasteiger partial charge is 0.269 e. The van der Waals surface area contributed by atoms with Gasteiger partial charge in [-0.25, -0.2) is 0 Å². The Balaban J connectivity index is 1.74. The number of aliphatic hydroxyl groups is 1. The van der Waals surface area contributed by atoms with Crippen LogP contribution in [0.3, 0.4) is 0 Å². The Morgan fingerprint density at radius 2 is 1.96 bits per heavy atom. The molecule has 1 unspecified atom stereocenters. The molecule has 0 bridgehead atoms. The van der Waals surface area contributed by atoms with E-state index in [4.69, 9.17) is 10.5 Å². The lowest BCUT2D eigenvalue weighted by molar-refractivity contribution is -0.384. The first-order valence-electron chi connectivity index (χ1n) is 7.77. The molecule has 1 atom stereocenters. The molecule has 0 aliphatic carbocycles. The van der Waals surface area contributed by atoms with Gasteiger partial charge in [0, 0.05) is 31.3 Å². The number of nitrogens with one attached hydrogen (secondary N) is 1. The first-order chi connectivity index (χ1) is 12.4. The molecule has 138 valence electrons. The second-order valence-corrected chi connectivity index (χ2v) is 5.46. The highest BCUT2D eigenvalue weighted by Gasteiger charge is 2.11. The van der Waals surface area contributed by atoms with Crippen LogP contribution >= 0.6 is 0 Å². The second kappa shape index (κ2) is 8.79. The van der Waals surface area contributed by atoms with Crippen LogP contribution < -0.4 is 15.8 Å². The molecule has 26 heavy (non-hydrogen) atoms. The molecule has 2 aromatic rings. The number of rotatable bonds is 9. The number of hydrogen-bond donors (Lipinski definition) is 4. The van der Waals surface area contributed by atoms with E-state index in [1.807, 2.05) is 0 Å². The topological polar surface area (TPSA) is 148 Å². The summed E-state index contributed by atoms with van der Waals surface area (Å²) in [6.07, 6.45) is -0.810. The van der Waals surface area contributed by atoms with E-state index < -0.39 is 16.9 Å². The lowest BCUT2D eigenvalue weighted by atomic mass is 10.1. The van der Waals surface area contributed by atoms with Gasteiger partial charge in [-0.15, -0.1) is 0 Å². The molecule has 0 aliphatic heterocycles. The van der Waals surface area contributed by atoms with Crippen LogP contribution in [0.15, 0.2) is 42.5 Å². The summed E-state index contributed by atoms with van der Waals surface area (Å²) in [4.78, 5) is 21.1. The first-order valence-corrected chi connectivity index (χ1v) is 7.77. The van der Waals surface area contributed by atoms with E-state index in [0.29, 0.717) is 17.9 Å². The van der Waals surface area contributed by atoms with Gasteiger partial charge in [-0.1, -0.05) is 0 Å². The van der Waals surface area contributed by atoms with Crippen LogP contribution in [-0.2, 0) is 0 Å². The Labute approximate surface area is 149 Å². The number of nitro groups is 1. The summed E-state index contributed by atoms with van der Waals surface area (Å²) < 4.78 is 5.42. The maximum Gasteiger partial charge on any atom is 0.269 e. The third kappa shape index (κ3) is 5.16. The average Bonchev–Trinajstić information content (AvgIpc) is 2.61. The van der Waals surface area contributed by atoms with Gasteiger partial charge in [0.1, 0.15) is 18.1 Å². The number of amides is 1. The highest BCUT2D eigenvalue weighted by molar-refractivity contribution is 5.95. The van der Waals surface area contributed by atoms with E-state index in [9.17, 15) is 25.1 Å². The molecule has 0 radical (unpaired) electrons. The minimum Gasteiger partial charge on any atom is -0.507 e. The maximum atomic E-state index is 11.0. The Hall–Kier alpha value is -3.17. The fourth-order valence-corrected chi connectivity index (χ4v) is 2.23. The van der Waals surface area contributed by atoms with Crippen LogP contribution in [0.1, 0.15) is 22.0 Å². The van der Waals surface area contributed by atoms with Gasteiger partial charge in [-0.2, -0.15) is 0 Å². The van der Waals surface area contributed by atoms with Gasteiger partial charge in [-0.05, 0) is 29.8 Å². The minimum atomic E-state index is -0.810. The Morgan fingerprint density at radius 3 is 2.54 bits per heavy atom. The number of ether oxygens (including phenoxy) is 1. The molecule has 2 rings (SSSR count). The molecule has 1 amide bonds. The summed E-state index contributed by atoms with van der Waals surface area (Å²) >= 11 is 0. The predicted molar refractivity (Wildman–Crippen MR) is 93.0 cm³/mol. The Kier molecular flexibility index (Phi) is 6.48. The molecule has 9 nitrogen and oxygen atoms in total. The third-order valence-electron chi connectivity index (χ3n) is 3.61. The molecule has 5 N–H and O–H groups in total. The number of primary amides is 1. The molecule has 0 heterocycles. The van der Waals surface area contributed by atoms with E-state index in [0.717, 1.165) is 0 Å². The summed E-state index contributed by atoms with van der Waals surface area (Å²) in [5, 5.41) is 33.3. The van der Waals surface area contributed by atoms with Gasteiger partial charge in [0.25, 0.3) is 11.6 Å². The number of benzene rings is 2. The molecule has 0 saturated carbocycles. The largest absolute Gasteiger partial charge is 0.507 e. The summed E-state index contributed by atoms with van der Waals surface area (Å²) in [5.74, 6) is -0.599. The normalized spacial score (nSPS) is 11.7. The van der Waals surface area contributed by atoms with Gasteiger partial charge >= 0.3 is 0 Å². The van der Waals surface area contributed by atoms with Crippen molar-refractivity contribution < 1.29 is 24.7 Å². The van der Waals surface area contributed by atoms with Crippen molar-refractivity contribution in [1.82, 2.24) is 5.32 Å². The molecule has 0 aromatic heterocycles. The van der Waals surface area contributed by atoms with Gasteiger partial charge in [0.15, 0.2) is 0 Å². The zero-order valence-corrected chi connectivity index (χ0v) is 13.8. The molecule has 0 spiro atoms. The van der Waals surface area contributed by atoms with Crippen molar-refractivity contribution in [3.63, 3.8) is 0 Å². The molecule has 2 aromatic carbocycles. The van der Waals surface area contributed by atoms with Crippen molar-refractivity contribution in [3.05, 3.63) is 63.7 Å². The van der Waals surface area contributed by atoms with Crippen LogP contribution in [0.2, 0.25) is 0 Å². The minimum absolute atomic E-state index is 0.0155. The number of aliphatic hydroxyl groups excluding tert-OH is 1.